The molecule has 0 saturated heterocycles. The Kier molecular flexibility index (Phi) is 3.01. The molecule has 0 radical (unpaired) electrons. The summed E-state index contributed by atoms with van der Waals surface area (Å²) in [6.07, 6.45) is -0.768. The molecule has 1 aromatic rings. The van der Waals surface area contributed by atoms with E-state index in [1.165, 1.54) is 6.07 Å². The highest BCUT2D eigenvalue weighted by atomic mass is 19.1. The van der Waals surface area contributed by atoms with Crippen molar-refractivity contribution in [2.75, 3.05) is 6.54 Å². The summed E-state index contributed by atoms with van der Waals surface area (Å²) >= 11 is 0. The molecule has 3 N–H and O–H groups in total. The van der Waals surface area contributed by atoms with Crippen LogP contribution in [0.15, 0.2) is 12.1 Å². The molecule has 1 unspecified atom stereocenters. The van der Waals surface area contributed by atoms with Gasteiger partial charge < -0.3 is 10.8 Å². The molecular formula is C10H14FNO. The average Bonchev–Trinajstić information content (AvgIpc) is 2.10. The van der Waals surface area contributed by atoms with Crippen molar-refractivity contribution in [2.24, 2.45) is 5.73 Å². The minimum atomic E-state index is -0.768. The number of nitrogens with two attached hydrogens (primary N) is 1. The van der Waals surface area contributed by atoms with Gasteiger partial charge in [0.05, 0.1) is 6.10 Å². The van der Waals surface area contributed by atoms with Crippen LogP contribution in [0.2, 0.25) is 0 Å². The van der Waals surface area contributed by atoms with E-state index >= 15 is 0 Å². The predicted molar refractivity (Wildman–Crippen MR) is 49.9 cm³/mol. The second-order valence-corrected chi connectivity index (χ2v) is 3.21. The number of benzene rings is 1. The molecule has 0 aliphatic carbocycles. The van der Waals surface area contributed by atoms with Crippen molar-refractivity contribution >= 4 is 0 Å². The van der Waals surface area contributed by atoms with Crippen molar-refractivity contribution in [2.45, 2.75) is 20.0 Å². The third-order valence-electron chi connectivity index (χ3n) is 2.13. The summed E-state index contributed by atoms with van der Waals surface area (Å²) in [6.45, 7) is 3.64. The summed E-state index contributed by atoms with van der Waals surface area (Å²) in [5, 5.41) is 9.43. The first-order valence-corrected chi connectivity index (χ1v) is 4.21. The van der Waals surface area contributed by atoms with Gasteiger partial charge in [0.15, 0.2) is 0 Å². The lowest BCUT2D eigenvalue weighted by Gasteiger charge is -2.12. The van der Waals surface area contributed by atoms with Gasteiger partial charge in [-0.25, -0.2) is 4.39 Å². The fourth-order valence-electron chi connectivity index (χ4n) is 1.33. The largest absolute Gasteiger partial charge is 0.387 e. The van der Waals surface area contributed by atoms with Gasteiger partial charge in [0.1, 0.15) is 5.82 Å². The van der Waals surface area contributed by atoms with E-state index < -0.39 is 6.10 Å². The van der Waals surface area contributed by atoms with Crippen LogP contribution in [-0.2, 0) is 0 Å². The van der Waals surface area contributed by atoms with E-state index in [0.717, 1.165) is 5.56 Å². The van der Waals surface area contributed by atoms with Gasteiger partial charge in [0, 0.05) is 6.54 Å². The Hall–Kier alpha value is -0.930. The smallest absolute Gasteiger partial charge is 0.126 e. The van der Waals surface area contributed by atoms with Crippen molar-refractivity contribution in [3.63, 3.8) is 0 Å². The van der Waals surface area contributed by atoms with Gasteiger partial charge >= 0.3 is 0 Å². The molecular weight excluding hydrogens is 169 g/mol. The SMILES string of the molecule is Cc1cc(C)c(C(O)CN)cc1F. The van der Waals surface area contributed by atoms with Crippen LogP contribution in [0.1, 0.15) is 22.8 Å². The molecule has 0 heterocycles. The van der Waals surface area contributed by atoms with E-state index in [4.69, 9.17) is 5.73 Å². The molecule has 13 heavy (non-hydrogen) atoms. The molecule has 0 spiro atoms. The quantitative estimate of drug-likeness (QED) is 0.728. The highest BCUT2D eigenvalue weighted by Crippen LogP contribution is 2.20. The lowest BCUT2D eigenvalue weighted by molar-refractivity contribution is 0.185. The summed E-state index contributed by atoms with van der Waals surface area (Å²) in [4.78, 5) is 0. The maximum absolute atomic E-state index is 13.1. The van der Waals surface area contributed by atoms with Gasteiger partial charge in [0.25, 0.3) is 0 Å². The Morgan fingerprint density at radius 3 is 2.54 bits per heavy atom. The van der Waals surface area contributed by atoms with Crippen LogP contribution in [0.25, 0.3) is 0 Å². The molecule has 0 aromatic heterocycles. The number of aliphatic hydroxyl groups is 1. The van der Waals surface area contributed by atoms with Crippen molar-refractivity contribution in [3.05, 3.63) is 34.6 Å². The summed E-state index contributed by atoms with van der Waals surface area (Å²) < 4.78 is 13.1. The Labute approximate surface area is 77.2 Å². The summed E-state index contributed by atoms with van der Waals surface area (Å²) in [7, 11) is 0. The number of halogens is 1. The number of rotatable bonds is 2. The van der Waals surface area contributed by atoms with Crippen molar-refractivity contribution in [1.29, 1.82) is 0 Å². The lowest BCUT2D eigenvalue weighted by Crippen LogP contribution is -2.13. The minimum absolute atomic E-state index is 0.114. The van der Waals surface area contributed by atoms with Crippen molar-refractivity contribution < 1.29 is 9.50 Å². The van der Waals surface area contributed by atoms with Gasteiger partial charge in [-0.05, 0) is 36.6 Å². The number of aryl methyl sites for hydroxylation is 2. The maximum atomic E-state index is 13.1. The number of aliphatic hydroxyl groups excluding tert-OH is 1. The zero-order chi connectivity index (χ0) is 10.0. The lowest BCUT2D eigenvalue weighted by atomic mass is 10.0. The predicted octanol–water partition coefficient (Wildman–Crippen LogP) is 1.43. The van der Waals surface area contributed by atoms with E-state index in [2.05, 4.69) is 0 Å². The van der Waals surface area contributed by atoms with Crippen molar-refractivity contribution in [3.8, 4) is 0 Å². The molecule has 0 aliphatic rings. The van der Waals surface area contributed by atoms with E-state index in [-0.39, 0.29) is 12.4 Å². The first kappa shape index (κ1) is 10.2. The molecule has 0 amide bonds. The summed E-state index contributed by atoms with van der Waals surface area (Å²) in [5.41, 5.74) is 7.32. The van der Waals surface area contributed by atoms with Gasteiger partial charge in [-0.2, -0.15) is 0 Å². The zero-order valence-electron chi connectivity index (χ0n) is 7.84. The molecule has 0 bridgehead atoms. The molecule has 0 aliphatic heterocycles. The third-order valence-corrected chi connectivity index (χ3v) is 2.13. The Bertz CT molecular complexity index is 312. The standard InChI is InChI=1S/C10H14FNO/c1-6-3-7(2)9(11)4-8(6)10(13)5-12/h3-4,10,13H,5,12H2,1-2H3. The molecule has 1 rings (SSSR count). The Morgan fingerprint density at radius 2 is 2.00 bits per heavy atom. The topological polar surface area (TPSA) is 46.2 Å². The van der Waals surface area contributed by atoms with Crippen LogP contribution in [0.5, 0.6) is 0 Å². The van der Waals surface area contributed by atoms with E-state index in [1.54, 1.807) is 13.0 Å². The first-order chi connectivity index (χ1) is 6.06. The van der Waals surface area contributed by atoms with Crippen LogP contribution in [-0.4, -0.2) is 11.7 Å². The highest BCUT2D eigenvalue weighted by molar-refractivity contribution is 5.33. The Morgan fingerprint density at radius 1 is 1.38 bits per heavy atom. The van der Waals surface area contributed by atoms with Crippen molar-refractivity contribution in [1.82, 2.24) is 0 Å². The van der Waals surface area contributed by atoms with Gasteiger partial charge in [-0.3, -0.25) is 0 Å². The normalized spacial score (nSPS) is 13.0. The minimum Gasteiger partial charge on any atom is -0.387 e. The van der Waals surface area contributed by atoms with E-state index in [9.17, 15) is 9.50 Å². The van der Waals surface area contributed by atoms with Crippen LogP contribution in [0.3, 0.4) is 0 Å². The molecule has 1 aromatic carbocycles. The van der Waals surface area contributed by atoms with Crippen LogP contribution in [0, 0.1) is 19.7 Å². The Balaban J connectivity index is 3.15. The zero-order valence-corrected chi connectivity index (χ0v) is 7.84. The molecule has 1 atom stereocenters. The monoisotopic (exact) mass is 183 g/mol. The van der Waals surface area contributed by atoms with Crippen LogP contribution < -0.4 is 5.73 Å². The third kappa shape index (κ3) is 2.05. The highest BCUT2D eigenvalue weighted by Gasteiger charge is 2.10. The number of hydrogen-bond acceptors (Lipinski definition) is 2. The molecule has 0 fully saturated rings. The summed E-state index contributed by atoms with van der Waals surface area (Å²) in [6, 6.07) is 3.06. The molecule has 2 nitrogen and oxygen atoms in total. The molecule has 72 valence electrons. The second kappa shape index (κ2) is 3.85. The molecule has 3 heteroatoms. The van der Waals surface area contributed by atoms with E-state index in [1.807, 2.05) is 6.92 Å². The maximum Gasteiger partial charge on any atom is 0.126 e. The number of hydrogen-bond donors (Lipinski definition) is 2. The van der Waals surface area contributed by atoms with Gasteiger partial charge in [-0.15, -0.1) is 0 Å². The average molecular weight is 183 g/mol. The van der Waals surface area contributed by atoms with Gasteiger partial charge in [-0.1, -0.05) is 6.07 Å². The fourth-order valence-corrected chi connectivity index (χ4v) is 1.33. The van der Waals surface area contributed by atoms with E-state index in [0.29, 0.717) is 11.1 Å². The fraction of sp³-hybridized carbons (Fsp3) is 0.400. The van der Waals surface area contributed by atoms with Crippen LogP contribution >= 0.6 is 0 Å². The molecule has 0 saturated carbocycles. The second-order valence-electron chi connectivity index (χ2n) is 3.21. The summed E-state index contributed by atoms with van der Waals surface area (Å²) in [5.74, 6) is -0.298. The van der Waals surface area contributed by atoms with Gasteiger partial charge in [0.2, 0.25) is 0 Å². The van der Waals surface area contributed by atoms with Crippen LogP contribution in [0.4, 0.5) is 4.39 Å². The first-order valence-electron chi connectivity index (χ1n) is 4.21.